The van der Waals surface area contributed by atoms with Crippen molar-refractivity contribution in [3.05, 3.63) is 24.3 Å². The number of ether oxygens (including phenoxy) is 1. The van der Waals surface area contributed by atoms with Gasteiger partial charge in [-0.3, -0.25) is 14.5 Å². The molecule has 2 aliphatic heterocycles. The first-order valence-corrected chi connectivity index (χ1v) is 7.64. The van der Waals surface area contributed by atoms with Crippen LogP contribution in [0.25, 0.3) is 0 Å². The van der Waals surface area contributed by atoms with E-state index in [1.54, 1.807) is 14.2 Å². The lowest BCUT2D eigenvalue weighted by atomic mass is 10.1. The summed E-state index contributed by atoms with van der Waals surface area (Å²) < 4.78 is 5.18. The summed E-state index contributed by atoms with van der Waals surface area (Å²) in [6, 6.07) is 7.85. The van der Waals surface area contributed by atoms with Crippen LogP contribution in [0, 0.1) is 0 Å². The van der Waals surface area contributed by atoms with Gasteiger partial charge in [-0.05, 0) is 24.3 Å². The minimum absolute atomic E-state index is 0.0297. The molecule has 1 aromatic rings. The van der Waals surface area contributed by atoms with E-state index >= 15 is 0 Å². The normalized spacial score (nSPS) is 23.3. The predicted octanol–water partition coefficient (Wildman–Crippen LogP) is -0.843. The van der Waals surface area contributed by atoms with Gasteiger partial charge in [0.2, 0.25) is 5.91 Å². The predicted molar refractivity (Wildman–Crippen MR) is 82.1 cm³/mol. The van der Waals surface area contributed by atoms with Gasteiger partial charge in [-0.1, -0.05) is 0 Å². The fourth-order valence-electron chi connectivity index (χ4n) is 3.27. The fourth-order valence-corrected chi connectivity index (χ4v) is 3.27. The zero-order valence-corrected chi connectivity index (χ0v) is 13.0. The number of quaternary nitrogens is 1. The molecule has 2 saturated heterocycles. The van der Waals surface area contributed by atoms with Gasteiger partial charge in [0.25, 0.3) is 5.91 Å². The molecule has 0 aliphatic carbocycles. The van der Waals surface area contributed by atoms with E-state index in [0.717, 1.165) is 31.9 Å². The SMILES string of the molecule is COc1ccc(N2CC[NH+]([C@@H]3CC(=O)N(C)C3=O)CC2)cc1. The second-order valence-electron chi connectivity index (χ2n) is 5.89. The number of nitrogens with one attached hydrogen (secondary N) is 1. The number of likely N-dealkylation sites (N-methyl/N-ethyl adjacent to an activating group) is 1. The average molecular weight is 304 g/mol. The molecule has 0 spiro atoms. The Bertz CT molecular complexity index is 565. The van der Waals surface area contributed by atoms with Crippen molar-refractivity contribution < 1.29 is 19.2 Å². The standard InChI is InChI=1S/C16H21N3O3/c1-17-15(20)11-14(16(17)21)19-9-7-18(8-10-19)12-3-5-13(22-2)6-4-12/h3-6,14H,7-11H2,1-2H3/p+1/t14-/m1/s1. The summed E-state index contributed by atoms with van der Waals surface area (Å²) in [7, 11) is 3.24. The van der Waals surface area contributed by atoms with E-state index in [1.165, 1.54) is 15.5 Å². The highest BCUT2D eigenvalue weighted by atomic mass is 16.5. The fraction of sp³-hybridized carbons (Fsp3) is 0.500. The summed E-state index contributed by atoms with van der Waals surface area (Å²) in [6.45, 7) is 3.54. The first-order chi connectivity index (χ1) is 10.6. The van der Waals surface area contributed by atoms with E-state index < -0.39 is 0 Å². The smallest absolute Gasteiger partial charge is 0.287 e. The van der Waals surface area contributed by atoms with Crippen LogP contribution in [0.2, 0.25) is 0 Å². The number of likely N-dealkylation sites (tertiary alicyclic amines) is 1. The summed E-state index contributed by atoms with van der Waals surface area (Å²) >= 11 is 0. The molecule has 22 heavy (non-hydrogen) atoms. The van der Waals surface area contributed by atoms with Gasteiger partial charge < -0.3 is 14.5 Å². The number of piperazine rings is 1. The molecule has 0 bridgehead atoms. The Kier molecular flexibility index (Phi) is 4.02. The van der Waals surface area contributed by atoms with Crippen LogP contribution in [-0.4, -0.2) is 63.1 Å². The minimum atomic E-state index is -0.185. The zero-order chi connectivity index (χ0) is 15.7. The second kappa shape index (κ2) is 5.96. The second-order valence-corrected chi connectivity index (χ2v) is 5.89. The summed E-state index contributed by atoms with van der Waals surface area (Å²) in [5.41, 5.74) is 1.17. The Hall–Kier alpha value is -2.08. The molecule has 2 amide bonds. The number of amides is 2. The molecule has 2 heterocycles. The quantitative estimate of drug-likeness (QED) is 0.740. The molecule has 6 nitrogen and oxygen atoms in total. The third kappa shape index (κ3) is 2.66. The summed E-state index contributed by atoms with van der Waals surface area (Å²) in [5, 5.41) is 0. The first-order valence-electron chi connectivity index (χ1n) is 7.64. The van der Waals surface area contributed by atoms with Crippen molar-refractivity contribution in [2.24, 2.45) is 0 Å². The third-order valence-electron chi connectivity index (χ3n) is 4.72. The average Bonchev–Trinajstić information content (AvgIpc) is 2.83. The monoisotopic (exact) mass is 304 g/mol. The van der Waals surface area contributed by atoms with Crippen molar-refractivity contribution in [2.45, 2.75) is 12.5 Å². The molecule has 1 N–H and O–H groups in total. The number of carbonyl (C=O) groups is 2. The highest BCUT2D eigenvalue weighted by molar-refractivity contribution is 6.04. The van der Waals surface area contributed by atoms with Crippen LogP contribution in [0.15, 0.2) is 24.3 Å². The summed E-state index contributed by atoms with van der Waals surface area (Å²) in [4.78, 5) is 28.6. The Morgan fingerprint density at radius 3 is 2.27 bits per heavy atom. The van der Waals surface area contributed by atoms with E-state index in [2.05, 4.69) is 17.0 Å². The number of anilines is 1. The van der Waals surface area contributed by atoms with Crippen LogP contribution < -0.4 is 14.5 Å². The molecule has 118 valence electrons. The summed E-state index contributed by atoms with van der Waals surface area (Å²) in [6.07, 6.45) is 0.354. The Balaban J connectivity index is 1.60. The van der Waals surface area contributed by atoms with Gasteiger partial charge in [0.1, 0.15) is 5.75 Å². The minimum Gasteiger partial charge on any atom is -0.497 e. The van der Waals surface area contributed by atoms with Crippen LogP contribution in [0.5, 0.6) is 5.75 Å². The molecule has 3 rings (SSSR count). The molecule has 0 saturated carbocycles. The van der Waals surface area contributed by atoms with Gasteiger partial charge in [-0.25, -0.2) is 0 Å². The van der Waals surface area contributed by atoms with Gasteiger partial charge in [-0.2, -0.15) is 0 Å². The number of carbonyl (C=O) groups excluding carboxylic acids is 2. The zero-order valence-electron chi connectivity index (χ0n) is 13.0. The molecule has 1 atom stereocenters. The van der Waals surface area contributed by atoms with Crippen LogP contribution in [0.3, 0.4) is 0 Å². The van der Waals surface area contributed by atoms with E-state index in [9.17, 15) is 9.59 Å². The molecule has 6 heteroatoms. The van der Waals surface area contributed by atoms with Crippen LogP contribution >= 0.6 is 0 Å². The van der Waals surface area contributed by atoms with Crippen LogP contribution in [0.1, 0.15) is 6.42 Å². The van der Waals surface area contributed by atoms with Gasteiger partial charge in [0.05, 0.1) is 39.7 Å². The lowest BCUT2D eigenvalue weighted by molar-refractivity contribution is -0.915. The first kappa shape index (κ1) is 14.8. The topological polar surface area (TPSA) is 54.3 Å². The Labute approximate surface area is 130 Å². The highest BCUT2D eigenvalue weighted by Crippen LogP contribution is 2.19. The maximum absolute atomic E-state index is 12.1. The van der Waals surface area contributed by atoms with Crippen LogP contribution in [0.4, 0.5) is 5.69 Å². The van der Waals surface area contributed by atoms with Gasteiger partial charge in [-0.15, -0.1) is 0 Å². The Morgan fingerprint density at radius 1 is 1.14 bits per heavy atom. The maximum atomic E-state index is 12.1. The third-order valence-corrected chi connectivity index (χ3v) is 4.72. The summed E-state index contributed by atoms with van der Waals surface area (Å²) in [5.74, 6) is 0.768. The maximum Gasteiger partial charge on any atom is 0.287 e. The van der Waals surface area contributed by atoms with Crippen molar-refractivity contribution in [3.8, 4) is 5.75 Å². The molecular formula is C16H22N3O3+. The molecular weight excluding hydrogens is 282 g/mol. The molecule has 0 aromatic heterocycles. The van der Waals surface area contributed by atoms with Gasteiger partial charge >= 0.3 is 0 Å². The Morgan fingerprint density at radius 2 is 1.77 bits per heavy atom. The number of methoxy groups -OCH3 is 1. The lowest BCUT2D eigenvalue weighted by Gasteiger charge is -2.35. The number of benzene rings is 1. The molecule has 0 radical (unpaired) electrons. The van der Waals surface area contributed by atoms with Crippen molar-refractivity contribution in [3.63, 3.8) is 0 Å². The number of rotatable bonds is 3. The number of hydrogen-bond acceptors (Lipinski definition) is 4. The number of nitrogens with zero attached hydrogens (tertiary/aromatic N) is 2. The van der Waals surface area contributed by atoms with Gasteiger partial charge in [0, 0.05) is 12.7 Å². The van der Waals surface area contributed by atoms with E-state index in [4.69, 9.17) is 4.74 Å². The number of imide groups is 1. The number of hydrogen-bond donors (Lipinski definition) is 1. The van der Waals surface area contributed by atoms with Crippen LogP contribution in [-0.2, 0) is 9.59 Å². The van der Waals surface area contributed by atoms with Crippen molar-refractivity contribution in [1.29, 1.82) is 0 Å². The van der Waals surface area contributed by atoms with E-state index in [-0.39, 0.29) is 17.9 Å². The van der Waals surface area contributed by atoms with Crippen molar-refractivity contribution in [1.82, 2.24) is 4.90 Å². The lowest BCUT2D eigenvalue weighted by Crippen LogP contribution is -3.19. The highest BCUT2D eigenvalue weighted by Gasteiger charge is 2.43. The largest absolute Gasteiger partial charge is 0.497 e. The molecule has 0 unspecified atom stereocenters. The van der Waals surface area contributed by atoms with E-state index in [1.807, 2.05) is 12.1 Å². The van der Waals surface area contributed by atoms with Crippen molar-refractivity contribution >= 4 is 17.5 Å². The molecule has 1 aromatic carbocycles. The van der Waals surface area contributed by atoms with E-state index in [0.29, 0.717) is 6.42 Å². The van der Waals surface area contributed by atoms with Crippen molar-refractivity contribution in [2.75, 3.05) is 45.2 Å². The molecule has 2 aliphatic rings. The van der Waals surface area contributed by atoms with Gasteiger partial charge in [0.15, 0.2) is 6.04 Å². The molecule has 2 fully saturated rings.